The maximum absolute atomic E-state index is 13.9. The minimum atomic E-state index is -0.300. The smallest absolute Gasteiger partial charge is 0.256 e. The third kappa shape index (κ3) is 5.78. The summed E-state index contributed by atoms with van der Waals surface area (Å²) < 4.78 is 15.0. The van der Waals surface area contributed by atoms with Gasteiger partial charge in [-0.1, -0.05) is 16.8 Å². The largest absolute Gasteiger partial charge is 0.333 e. The summed E-state index contributed by atoms with van der Waals surface area (Å²) in [6, 6.07) is 11.6. The standard InChI is InChI=1S/C25H29FN8O/c1-18-5-10-24(34-27-11-12-28-34)22(15-18)25(35)33(14-13-31(3)4)19(2)16-32-17-23(29-30-32)20-6-8-21(26)9-7-20/h5-12,15,17,19H,13-14,16H2,1-4H3/t19-/m0/s1. The normalized spacial score (nSPS) is 12.2. The van der Waals surface area contributed by atoms with Crippen molar-refractivity contribution in [1.82, 2.24) is 39.8 Å². The van der Waals surface area contributed by atoms with Crippen LogP contribution in [0.2, 0.25) is 0 Å². The number of hydrogen-bond acceptors (Lipinski definition) is 6. The molecule has 35 heavy (non-hydrogen) atoms. The van der Waals surface area contributed by atoms with Crippen LogP contribution in [0.5, 0.6) is 0 Å². The van der Waals surface area contributed by atoms with Crippen LogP contribution in [0.25, 0.3) is 16.9 Å². The van der Waals surface area contributed by atoms with Gasteiger partial charge in [-0.3, -0.25) is 4.79 Å². The second kappa shape index (κ2) is 10.6. The van der Waals surface area contributed by atoms with E-state index in [0.717, 1.165) is 11.1 Å². The molecule has 0 aliphatic rings. The topological polar surface area (TPSA) is 85.0 Å². The van der Waals surface area contributed by atoms with Crippen LogP contribution < -0.4 is 0 Å². The van der Waals surface area contributed by atoms with Crippen LogP contribution in [-0.4, -0.2) is 78.9 Å². The van der Waals surface area contributed by atoms with Gasteiger partial charge >= 0.3 is 0 Å². The van der Waals surface area contributed by atoms with Gasteiger partial charge in [0.05, 0.1) is 36.4 Å². The highest BCUT2D eigenvalue weighted by atomic mass is 19.1. The molecule has 0 aliphatic heterocycles. The van der Waals surface area contributed by atoms with Gasteiger partial charge in [-0.2, -0.15) is 15.0 Å². The Morgan fingerprint density at radius 1 is 1.06 bits per heavy atom. The molecule has 10 heteroatoms. The molecule has 2 aromatic heterocycles. The van der Waals surface area contributed by atoms with Crippen molar-refractivity contribution in [3.8, 4) is 16.9 Å². The molecule has 0 bridgehead atoms. The van der Waals surface area contributed by atoms with Gasteiger partial charge in [-0.25, -0.2) is 9.07 Å². The Bertz CT molecular complexity index is 1270. The molecule has 2 heterocycles. The van der Waals surface area contributed by atoms with Gasteiger partial charge in [0.25, 0.3) is 5.91 Å². The molecule has 0 saturated carbocycles. The summed E-state index contributed by atoms with van der Waals surface area (Å²) in [5.41, 5.74) is 3.57. The predicted molar refractivity (Wildman–Crippen MR) is 131 cm³/mol. The van der Waals surface area contributed by atoms with E-state index in [1.807, 2.05) is 62.1 Å². The van der Waals surface area contributed by atoms with Gasteiger partial charge in [0, 0.05) is 24.7 Å². The van der Waals surface area contributed by atoms with Crippen molar-refractivity contribution in [3.63, 3.8) is 0 Å². The summed E-state index contributed by atoms with van der Waals surface area (Å²) in [7, 11) is 3.96. The first-order chi connectivity index (χ1) is 16.8. The third-order valence-corrected chi connectivity index (χ3v) is 5.73. The summed E-state index contributed by atoms with van der Waals surface area (Å²) in [6.45, 7) is 5.64. The van der Waals surface area contributed by atoms with Gasteiger partial charge in [0.15, 0.2) is 0 Å². The van der Waals surface area contributed by atoms with Crippen molar-refractivity contribution < 1.29 is 9.18 Å². The number of nitrogens with zero attached hydrogens (tertiary/aromatic N) is 8. The fourth-order valence-electron chi connectivity index (χ4n) is 3.83. The Morgan fingerprint density at radius 2 is 1.77 bits per heavy atom. The van der Waals surface area contributed by atoms with Crippen molar-refractivity contribution in [2.24, 2.45) is 0 Å². The molecule has 0 unspecified atom stereocenters. The van der Waals surface area contributed by atoms with Crippen molar-refractivity contribution >= 4 is 5.91 Å². The lowest BCUT2D eigenvalue weighted by Crippen LogP contribution is -2.44. The third-order valence-electron chi connectivity index (χ3n) is 5.73. The number of halogens is 1. The number of carbonyl (C=O) groups is 1. The van der Waals surface area contributed by atoms with Crippen molar-refractivity contribution in [1.29, 1.82) is 0 Å². The zero-order chi connectivity index (χ0) is 24.9. The van der Waals surface area contributed by atoms with E-state index in [1.54, 1.807) is 29.2 Å². The summed E-state index contributed by atoms with van der Waals surface area (Å²) in [6.07, 6.45) is 4.98. The lowest BCUT2D eigenvalue weighted by atomic mass is 10.1. The van der Waals surface area contributed by atoms with Crippen molar-refractivity contribution in [2.75, 3.05) is 27.2 Å². The molecule has 2 aromatic carbocycles. The Balaban J connectivity index is 1.60. The van der Waals surface area contributed by atoms with Crippen molar-refractivity contribution in [3.05, 3.63) is 78.0 Å². The number of likely N-dealkylation sites (N-methyl/N-ethyl adjacent to an activating group) is 1. The summed E-state index contributed by atoms with van der Waals surface area (Å²) in [5.74, 6) is -0.403. The maximum atomic E-state index is 13.9. The fraction of sp³-hybridized carbons (Fsp3) is 0.320. The Labute approximate surface area is 203 Å². The Morgan fingerprint density at radius 3 is 2.46 bits per heavy atom. The molecule has 1 atom stereocenters. The molecule has 182 valence electrons. The molecule has 0 saturated heterocycles. The molecule has 0 radical (unpaired) electrons. The number of aromatic nitrogens is 6. The zero-order valence-electron chi connectivity index (χ0n) is 20.3. The minimum absolute atomic E-state index is 0.103. The van der Waals surface area contributed by atoms with Gasteiger partial charge in [-0.05, 0) is 64.3 Å². The van der Waals surface area contributed by atoms with Crippen LogP contribution in [0, 0.1) is 12.7 Å². The van der Waals surface area contributed by atoms with Crippen molar-refractivity contribution in [2.45, 2.75) is 26.4 Å². The molecule has 0 fully saturated rings. The molecule has 0 N–H and O–H groups in total. The number of aryl methyl sites for hydroxylation is 1. The second-order valence-electron chi connectivity index (χ2n) is 8.82. The average molecular weight is 477 g/mol. The van der Waals surface area contributed by atoms with E-state index in [4.69, 9.17) is 0 Å². The van der Waals surface area contributed by atoms with Crippen LogP contribution >= 0.6 is 0 Å². The number of hydrogen-bond donors (Lipinski definition) is 0. The fourth-order valence-corrected chi connectivity index (χ4v) is 3.83. The minimum Gasteiger partial charge on any atom is -0.333 e. The number of benzene rings is 2. The molecule has 9 nitrogen and oxygen atoms in total. The van der Waals surface area contributed by atoms with Crippen LogP contribution in [0.1, 0.15) is 22.8 Å². The molecule has 1 amide bonds. The second-order valence-corrected chi connectivity index (χ2v) is 8.82. The molecular formula is C25H29FN8O. The van der Waals surface area contributed by atoms with E-state index < -0.39 is 0 Å². The van der Waals surface area contributed by atoms with E-state index in [1.165, 1.54) is 16.9 Å². The maximum Gasteiger partial charge on any atom is 0.256 e. The van der Waals surface area contributed by atoms with Gasteiger partial charge in [-0.15, -0.1) is 5.10 Å². The van der Waals surface area contributed by atoms with E-state index in [-0.39, 0.29) is 17.8 Å². The first-order valence-corrected chi connectivity index (χ1v) is 11.4. The number of rotatable bonds is 9. The lowest BCUT2D eigenvalue weighted by Gasteiger charge is -2.31. The summed E-state index contributed by atoms with van der Waals surface area (Å²) in [5, 5.41) is 16.9. The zero-order valence-corrected chi connectivity index (χ0v) is 20.3. The SMILES string of the molecule is Cc1ccc(-n2nccn2)c(C(=O)N(CCN(C)C)[C@@H](C)Cn2cc(-c3ccc(F)cc3)nn2)c1. The van der Waals surface area contributed by atoms with E-state index in [9.17, 15) is 9.18 Å². The van der Waals surface area contributed by atoms with Gasteiger partial charge in [0.1, 0.15) is 11.5 Å². The average Bonchev–Trinajstić information content (AvgIpc) is 3.52. The van der Waals surface area contributed by atoms with Crippen LogP contribution in [-0.2, 0) is 6.54 Å². The number of carbonyl (C=O) groups excluding carboxylic acids is 1. The first kappa shape index (κ1) is 24.2. The number of amides is 1. The van der Waals surface area contributed by atoms with Crippen LogP contribution in [0.15, 0.2) is 61.1 Å². The quantitative estimate of drug-likeness (QED) is 0.369. The monoisotopic (exact) mass is 476 g/mol. The van der Waals surface area contributed by atoms with Gasteiger partial charge < -0.3 is 9.80 Å². The van der Waals surface area contributed by atoms with E-state index in [2.05, 4.69) is 20.5 Å². The molecule has 0 spiro atoms. The predicted octanol–water partition coefficient (Wildman–Crippen LogP) is 3.07. The first-order valence-electron chi connectivity index (χ1n) is 11.4. The highest BCUT2D eigenvalue weighted by molar-refractivity contribution is 5.98. The molecule has 4 aromatic rings. The van der Waals surface area contributed by atoms with Crippen LogP contribution in [0.3, 0.4) is 0 Å². The molecule has 0 aliphatic carbocycles. The van der Waals surface area contributed by atoms with E-state index >= 15 is 0 Å². The Hall–Kier alpha value is -3.92. The summed E-state index contributed by atoms with van der Waals surface area (Å²) >= 11 is 0. The highest BCUT2D eigenvalue weighted by Crippen LogP contribution is 2.20. The highest BCUT2D eigenvalue weighted by Gasteiger charge is 2.25. The Kier molecular flexibility index (Phi) is 7.31. The lowest BCUT2D eigenvalue weighted by molar-refractivity contribution is 0.0657. The molecular weight excluding hydrogens is 447 g/mol. The van der Waals surface area contributed by atoms with Crippen LogP contribution in [0.4, 0.5) is 4.39 Å². The molecule has 4 rings (SSSR count). The summed E-state index contributed by atoms with van der Waals surface area (Å²) in [4.78, 5) is 19.2. The van der Waals surface area contributed by atoms with E-state index in [0.29, 0.717) is 36.6 Å². The van der Waals surface area contributed by atoms with Gasteiger partial charge in [0.2, 0.25) is 0 Å².